The van der Waals surface area contributed by atoms with Crippen LogP contribution in [0.2, 0.25) is 0 Å². The van der Waals surface area contributed by atoms with Crippen molar-refractivity contribution < 1.29 is 9.13 Å². The summed E-state index contributed by atoms with van der Waals surface area (Å²) < 4.78 is 19.3. The zero-order valence-corrected chi connectivity index (χ0v) is 11.4. The summed E-state index contributed by atoms with van der Waals surface area (Å²) in [5.41, 5.74) is 0.990. The summed E-state index contributed by atoms with van der Waals surface area (Å²) in [6.07, 6.45) is 3.52. The Kier molecular flexibility index (Phi) is 4.23. The highest BCUT2D eigenvalue weighted by molar-refractivity contribution is 5.33. The zero-order chi connectivity index (χ0) is 13.1. The van der Waals surface area contributed by atoms with Crippen molar-refractivity contribution >= 4 is 0 Å². The Morgan fingerprint density at radius 2 is 2.11 bits per heavy atom. The van der Waals surface area contributed by atoms with E-state index in [4.69, 9.17) is 4.74 Å². The number of nitrogens with one attached hydrogen (secondary N) is 1. The number of halogens is 1. The Balaban J connectivity index is 2.12. The van der Waals surface area contributed by atoms with Crippen LogP contribution in [0, 0.1) is 18.7 Å². The van der Waals surface area contributed by atoms with Gasteiger partial charge in [0.2, 0.25) is 0 Å². The van der Waals surface area contributed by atoms with Crippen LogP contribution in [-0.4, -0.2) is 19.2 Å². The van der Waals surface area contributed by atoms with Gasteiger partial charge in [0.15, 0.2) is 0 Å². The summed E-state index contributed by atoms with van der Waals surface area (Å²) in [6, 6.07) is 5.09. The summed E-state index contributed by atoms with van der Waals surface area (Å²) in [5, 5.41) is 3.31. The zero-order valence-electron chi connectivity index (χ0n) is 11.4. The second-order valence-electron chi connectivity index (χ2n) is 5.38. The molecule has 0 saturated heterocycles. The quantitative estimate of drug-likeness (QED) is 0.890. The molecule has 3 heteroatoms. The first-order valence-electron chi connectivity index (χ1n) is 6.70. The Hall–Kier alpha value is -1.09. The molecule has 1 aromatic rings. The minimum atomic E-state index is -0.236. The van der Waals surface area contributed by atoms with E-state index in [0.717, 1.165) is 18.4 Å². The van der Waals surface area contributed by atoms with Crippen LogP contribution in [-0.2, 0) is 0 Å². The standard InChI is InChI=1S/C15H22FNO/c1-10-4-7-13(17-3)15(8-10)18-14-9-12(16)6-5-11(14)2/h5-6,9-10,13,15,17H,4,7-8H2,1-3H3. The minimum Gasteiger partial charge on any atom is -0.488 e. The highest BCUT2D eigenvalue weighted by Gasteiger charge is 2.29. The van der Waals surface area contributed by atoms with Gasteiger partial charge in [-0.05, 0) is 50.8 Å². The largest absolute Gasteiger partial charge is 0.488 e. The average molecular weight is 251 g/mol. The lowest BCUT2D eigenvalue weighted by Crippen LogP contribution is -2.45. The van der Waals surface area contributed by atoms with Crippen LogP contribution in [0.25, 0.3) is 0 Å². The highest BCUT2D eigenvalue weighted by atomic mass is 19.1. The first-order valence-corrected chi connectivity index (χ1v) is 6.70. The van der Waals surface area contributed by atoms with Crippen LogP contribution in [0.4, 0.5) is 4.39 Å². The van der Waals surface area contributed by atoms with Gasteiger partial charge in [-0.15, -0.1) is 0 Å². The third-order valence-corrected chi connectivity index (χ3v) is 3.85. The molecule has 2 rings (SSSR count). The molecular weight excluding hydrogens is 229 g/mol. The monoisotopic (exact) mass is 251 g/mol. The number of hydrogen-bond acceptors (Lipinski definition) is 2. The molecule has 0 amide bonds. The highest BCUT2D eigenvalue weighted by Crippen LogP contribution is 2.29. The van der Waals surface area contributed by atoms with E-state index in [2.05, 4.69) is 12.2 Å². The maximum absolute atomic E-state index is 13.3. The van der Waals surface area contributed by atoms with Gasteiger partial charge in [0.05, 0.1) is 0 Å². The summed E-state index contributed by atoms with van der Waals surface area (Å²) in [4.78, 5) is 0. The molecule has 1 aliphatic carbocycles. The molecule has 0 radical (unpaired) electrons. The number of rotatable bonds is 3. The van der Waals surface area contributed by atoms with E-state index in [9.17, 15) is 4.39 Å². The Morgan fingerprint density at radius 1 is 1.33 bits per heavy atom. The molecule has 0 heterocycles. The molecule has 1 N–H and O–H groups in total. The third-order valence-electron chi connectivity index (χ3n) is 3.85. The lowest BCUT2D eigenvalue weighted by molar-refractivity contribution is 0.0934. The van der Waals surface area contributed by atoms with Crippen LogP contribution >= 0.6 is 0 Å². The molecule has 0 aliphatic heterocycles. The first-order chi connectivity index (χ1) is 8.60. The molecule has 1 aliphatic rings. The molecule has 1 fully saturated rings. The molecule has 0 bridgehead atoms. The molecule has 1 saturated carbocycles. The van der Waals surface area contributed by atoms with Crippen molar-refractivity contribution in [2.24, 2.45) is 5.92 Å². The van der Waals surface area contributed by atoms with E-state index in [0.29, 0.717) is 17.7 Å². The molecule has 2 nitrogen and oxygen atoms in total. The summed E-state index contributed by atoms with van der Waals surface area (Å²) in [7, 11) is 1.97. The van der Waals surface area contributed by atoms with Crippen molar-refractivity contribution in [3.63, 3.8) is 0 Å². The third kappa shape index (κ3) is 3.02. The number of benzene rings is 1. The van der Waals surface area contributed by atoms with E-state index in [-0.39, 0.29) is 11.9 Å². The van der Waals surface area contributed by atoms with E-state index >= 15 is 0 Å². The molecular formula is C15H22FNO. The van der Waals surface area contributed by atoms with Gasteiger partial charge in [-0.1, -0.05) is 13.0 Å². The van der Waals surface area contributed by atoms with Gasteiger partial charge in [0.25, 0.3) is 0 Å². The van der Waals surface area contributed by atoms with Gasteiger partial charge in [-0.2, -0.15) is 0 Å². The molecule has 1 aromatic carbocycles. The fraction of sp³-hybridized carbons (Fsp3) is 0.600. The summed E-state index contributed by atoms with van der Waals surface area (Å²) >= 11 is 0. The van der Waals surface area contributed by atoms with Crippen LogP contribution in [0.1, 0.15) is 31.7 Å². The van der Waals surface area contributed by atoms with Gasteiger partial charge in [-0.25, -0.2) is 4.39 Å². The van der Waals surface area contributed by atoms with Crippen molar-refractivity contribution in [1.29, 1.82) is 0 Å². The van der Waals surface area contributed by atoms with Crippen molar-refractivity contribution in [3.8, 4) is 5.75 Å². The topological polar surface area (TPSA) is 21.3 Å². The molecule has 18 heavy (non-hydrogen) atoms. The predicted octanol–water partition coefficient (Wildman–Crippen LogP) is 3.29. The van der Waals surface area contributed by atoms with E-state index in [1.54, 1.807) is 6.07 Å². The molecule has 3 unspecified atom stereocenters. The second kappa shape index (κ2) is 5.70. The van der Waals surface area contributed by atoms with Gasteiger partial charge >= 0.3 is 0 Å². The van der Waals surface area contributed by atoms with Gasteiger partial charge in [0.1, 0.15) is 17.7 Å². The fourth-order valence-corrected chi connectivity index (χ4v) is 2.65. The summed E-state index contributed by atoms with van der Waals surface area (Å²) in [6.45, 7) is 4.20. The number of aryl methyl sites for hydroxylation is 1. The molecule has 100 valence electrons. The van der Waals surface area contributed by atoms with Gasteiger partial charge in [-0.3, -0.25) is 0 Å². The lowest BCUT2D eigenvalue weighted by Gasteiger charge is -2.35. The maximum Gasteiger partial charge on any atom is 0.126 e. The molecule has 0 spiro atoms. The number of ether oxygens (including phenoxy) is 1. The molecule has 0 aromatic heterocycles. The Bertz CT molecular complexity index is 407. The average Bonchev–Trinajstić information content (AvgIpc) is 2.34. The maximum atomic E-state index is 13.3. The van der Waals surface area contributed by atoms with Gasteiger partial charge in [0, 0.05) is 12.1 Å². The lowest BCUT2D eigenvalue weighted by atomic mass is 9.85. The summed E-state index contributed by atoms with van der Waals surface area (Å²) in [5.74, 6) is 1.11. The van der Waals surface area contributed by atoms with E-state index < -0.39 is 0 Å². The smallest absolute Gasteiger partial charge is 0.126 e. The Labute approximate surface area is 109 Å². The minimum absolute atomic E-state index is 0.138. The Morgan fingerprint density at radius 3 is 2.83 bits per heavy atom. The van der Waals surface area contributed by atoms with E-state index in [1.807, 2.05) is 14.0 Å². The van der Waals surface area contributed by atoms with E-state index in [1.165, 1.54) is 18.6 Å². The van der Waals surface area contributed by atoms with Crippen molar-refractivity contribution in [3.05, 3.63) is 29.6 Å². The van der Waals surface area contributed by atoms with Crippen LogP contribution in [0.15, 0.2) is 18.2 Å². The van der Waals surface area contributed by atoms with Gasteiger partial charge < -0.3 is 10.1 Å². The first kappa shape index (κ1) is 13.3. The van der Waals surface area contributed by atoms with Crippen molar-refractivity contribution in [2.75, 3.05) is 7.05 Å². The SMILES string of the molecule is CNC1CCC(C)CC1Oc1cc(F)ccc1C. The van der Waals surface area contributed by atoms with Crippen molar-refractivity contribution in [1.82, 2.24) is 5.32 Å². The fourth-order valence-electron chi connectivity index (χ4n) is 2.65. The van der Waals surface area contributed by atoms with Crippen LogP contribution in [0.5, 0.6) is 5.75 Å². The number of hydrogen-bond donors (Lipinski definition) is 1. The van der Waals surface area contributed by atoms with Crippen LogP contribution < -0.4 is 10.1 Å². The predicted molar refractivity (Wildman–Crippen MR) is 71.4 cm³/mol. The number of likely N-dealkylation sites (N-methyl/N-ethyl adjacent to an activating group) is 1. The normalized spacial score (nSPS) is 28.1. The molecule has 3 atom stereocenters. The van der Waals surface area contributed by atoms with Crippen molar-refractivity contribution in [2.45, 2.75) is 45.3 Å². The van der Waals surface area contributed by atoms with Crippen LogP contribution in [0.3, 0.4) is 0 Å². The second-order valence-corrected chi connectivity index (χ2v) is 5.38.